The van der Waals surface area contributed by atoms with Gasteiger partial charge in [0.2, 0.25) is 5.78 Å². The van der Waals surface area contributed by atoms with Gasteiger partial charge in [-0.3, -0.25) is 24.3 Å². The molecule has 2 unspecified atom stereocenters. The van der Waals surface area contributed by atoms with Crippen LogP contribution in [-0.2, 0) is 14.4 Å². The molecule has 1 amide bonds. The normalized spacial score (nSPS) is 19.2. The summed E-state index contributed by atoms with van der Waals surface area (Å²) in [5.74, 6) is -2.73. The van der Waals surface area contributed by atoms with E-state index in [9.17, 15) is 14.4 Å². The first-order valence-corrected chi connectivity index (χ1v) is 10.0. The number of benzene rings is 1. The molecule has 1 fully saturated rings. The second kappa shape index (κ2) is 7.58. The third-order valence-corrected chi connectivity index (χ3v) is 5.57. The summed E-state index contributed by atoms with van der Waals surface area (Å²) in [6.45, 7) is 7.09. The Kier molecular flexibility index (Phi) is 5.05. The molecule has 0 saturated carbocycles. The van der Waals surface area contributed by atoms with E-state index in [1.54, 1.807) is 63.4 Å². The molecular formula is C24H23N3O4. The number of carbonyl (C=O) groups is 3. The van der Waals surface area contributed by atoms with E-state index < -0.39 is 29.1 Å². The number of aromatic nitrogens is 2. The summed E-state index contributed by atoms with van der Waals surface area (Å²) in [6.07, 6.45) is 3.13. The van der Waals surface area contributed by atoms with Gasteiger partial charge < -0.3 is 4.52 Å². The highest BCUT2D eigenvalue weighted by Gasteiger charge is 2.54. The number of carbonyl (C=O) groups excluding carboxylic acids is 3. The van der Waals surface area contributed by atoms with Gasteiger partial charge in [0, 0.05) is 34.6 Å². The lowest BCUT2D eigenvalue weighted by Gasteiger charge is -2.30. The van der Waals surface area contributed by atoms with Crippen LogP contribution in [0.5, 0.6) is 0 Å². The Labute approximate surface area is 180 Å². The molecule has 7 heteroatoms. The van der Waals surface area contributed by atoms with Gasteiger partial charge in [-0.2, -0.15) is 0 Å². The minimum Gasteiger partial charge on any atom is -0.364 e. The summed E-state index contributed by atoms with van der Waals surface area (Å²) in [5.41, 5.74) is 2.59. The average molecular weight is 417 g/mol. The fourth-order valence-corrected chi connectivity index (χ4v) is 3.96. The quantitative estimate of drug-likeness (QED) is 0.472. The number of Topliss-reactive ketones (excluding diaryl/α,β-unsaturated/α-hetero) is 2. The Morgan fingerprint density at radius 2 is 1.77 bits per heavy atom. The molecule has 4 rings (SSSR count). The van der Waals surface area contributed by atoms with E-state index in [1.165, 1.54) is 11.2 Å². The zero-order chi connectivity index (χ0) is 22.3. The van der Waals surface area contributed by atoms with Gasteiger partial charge in [0.15, 0.2) is 5.78 Å². The molecule has 0 bridgehead atoms. The largest absolute Gasteiger partial charge is 0.364 e. The van der Waals surface area contributed by atoms with E-state index in [0.717, 1.165) is 5.56 Å². The molecule has 0 radical (unpaired) electrons. The molecule has 31 heavy (non-hydrogen) atoms. The summed E-state index contributed by atoms with van der Waals surface area (Å²) >= 11 is 0. The molecule has 2 atom stereocenters. The van der Waals surface area contributed by atoms with E-state index in [1.807, 2.05) is 13.0 Å². The number of rotatable bonds is 4. The lowest BCUT2D eigenvalue weighted by Crippen LogP contribution is -2.36. The first-order chi connectivity index (χ1) is 14.7. The van der Waals surface area contributed by atoms with Crippen LogP contribution in [0.15, 0.2) is 59.4 Å². The zero-order valence-electron chi connectivity index (χ0n) is 17.8. The van der Waals surface area contributed by atoms with Crippen LogP contribution in [0.3, 0.4) is 0 Å². The number of nitrogens with zero attached hydrogens (tertiary/aromatic N) is 3. The minimum absolute atomic E-state index is 0.263. The summed E-state index contributed by atoms with van der Waals surface area (Å²) in [5, 5.41) is 3.91. The third kappa shape index (κ3) is 3.56. The van der Waals surface area contributed by atoms with Crippen LogP contribution in [0.2, 0.25) is 0 Å². The van der Waals surface area contributed by atoms with Crippen molar-refractivity contribution in [3.05, 3.63) is 66.2 Å². The molecule has 2 aromatic heterocycles. The smallest absolute Gasteiger partial charge is 0.295 e. The van der Waals surface area contributed by atoms with Gasteiger partial charge in [-0.1, -0.05) is 44.1 Å². The van der Waals surface area contributed by atoms with Crippen LogP contribution in [0, 0.1) is 18.3 Å². The number of anilines is 1. The molecule has 0 N–H and O–H groups in total. The second-order valence-corrected chi connectivity index (χ2v) is 8.69. The molecule has 0 aliphatic carbocycles. The Balaban J connectivity index is 1.83. The van der Waals surface area contributed by atoms with Crippen LogP contribution in [0.4, 0.5) is 5.69 Å². The fraction of sp³-hybridized carbons (Fsp3) is 0.292. The first-order valence-electron chi connectivity index (χ1n) is 10.0. The van der Waals surface area contributed by atoms with Crippen LogP contribution >= 0.6 is 0 Å². The molecule has 3 aromatic rings. The van der Waals surface area contributed by atoms with Crippen LogP contribution in [0.1, 0.15) is 38.1 Å². The predicted molar refractivity (Wildman–Crippen MR) is 114 cm³/mol. The molecule has 3 heterocycles. The fourth-order valence-electron chi connectivity index (χ4n) is 3.96. The molecule has 1 saturated heterocycles. The summed E-state index contributed by atoms with van der Waals surface area (Å²) < 4.78 is 4.89. The van der Waals surface area contributed by atoms with Crippen molar-refractivity contribution in [2.45, 2.75) is 33.7 Å². The first kappa shape index (κ1) is 20.7. The summed E-state index contributed by atoms with van der Waals surface area (Å²) in [6, 6.07) is 11.7. The van der Waals surface area contributed by atoms with Gasteiger partial charge in [-0.25, -0.2) is 0 Å². The highest BCUT2D eigenvalue weighted by Crippen LogP contribution is 2.43. The van der Waals surface area contributed by atoms with Gasteiger partial charge in [0.1, 0.15) is 17.9 Å². The highest BCUT2D eigenvalue weighted by molar-refractivity contribution is 6.48. The van der Waals surface area contributed by atoms with Crippen molar-refractivity contribution >= 4 is 23.2 Å². The zero-order valence-corrected chi connectivity index (χ0v) is 17.8. The van der Waals surface area contributed by atoms with Gasteiger partial charge in [-0.15, -0.1) is 0 Å². The molecule has 158 valence electrons. The number of aryl methyl sites for hydroxylation is 1. The molecule has 1 aliphatic rings. The molecule has 7 nitrogen and oxygen atoms in total. The lowest BCUT2D eigenvalue weighted by atomic mass is 9.77. The summed E-state index contributed by atoms with van der Waals surface area (Å²) in [4.78, 5) is 45.2. The SMILES string of the molecule is Cc1ncccc1C1C(C(=O)C(C)(C)C)C(=O)C(=O)N1c1ccc(-c2ccon2)cc1. The maximum Gasteiger partial charge on any atom is 0.295 e. The van der Waals surface area contributed by atoms with Crippen LogP contribution in [0.25, 0.3) is 11.3 Å². The number of amides is 1. The highest BCUT2D eigenvalue weighted by atomic mass is 16.5. The average Bonchev–Trinajstić information content (AvgIpc) is 3.35. The van der Waals surface area contributed by atoms with Gasteiger partial charge in [-0.05, 0) is 30.7 Å². The molecule has 1 aliphatic heterocycles. The maximum atomic E-state index is 13.3. The molecule has 1 aromatic carbocycles. The van der Waals surface area contributed by atoms with E-state index in [4.69, 9.17) is 4.52 Å². The maximum absolute atomic E-state index is 13.3. The Morgan fingerprint density at radius 1 is 1.06 bits per heavy atom. The lowest BCUT2D eigenvalue weighted by molar-refractivity contribution is -0.141. The van der Waals surface area contributed by atoms with Gasteiger partial charge in [0.25, 0.3) is 5.91 Å². The molecule has 0 spiro atoms. The van der Waals surface area contributed by atoms with Crippen molar-refractivity contribution in [2.24, 2.45) is 11.3 Å². The number of ketones is 2. The van der Waals surface area contributed by atoms with Gasteiger partial charge in [0.05, 0.1) is 6.04 Å². The monoisotopic (exact) mass is 417 g/mol. The standard InChI is InChI=1S/C24H23N3O4/c1-14-17(6-5-12-25-14)20-19(22(29)24(2,3)4)21(28)23(30)27(20)16-9-7-15(8-10-16)18-11-13-31-26-18/h5-13,19-20H,1-4H3. The third-order valence-electron chi connectivity index (χ3n) is 5.57. The van der Waals surface area contributed by atoms with E-state index in [0.29, 0.717) is 22.6 Å². The van der Waals surface area contributed by atoms with E-state index >= 15 is 0 Å². The van der Waals surface area contributed by atoms with Crippen LogP contribution < -0.4 is 4.90 Å². The van der Waals surface area contributed by atoms with Crippen molar-refractivity contribution in [1.29, 1.82) is 0 Å². The topological polar surface area (TPSA) is 93.4 Å². The van der Waals surface area contributed by atoms with E-state index in [2.05, 4.69) is 10.1 Å². The van der Waals surface area contributed by atoms with Crippen molar-refractivity contribution in [3.63, 3.8) is 0 Å². The van der Waals surface area contributed by atoms with Crippen molar-refractivity contribution in [3.8, 4) is 11.3 Å². The number of pyridine rings is 1. The van der Waals surface area contributed by atoms with Gasteiger partial charge >= 0.3 is 0 Å². The second-order valence-electron chi connectivity index (χ2n) is 8.69. The minimum atomic E-state index is -1.09. The number of hydrogen-bond donors (Lipinski definition) is 0. The molecular weight excluding hydrogens is 394 g/mol. The van der Waals surface area contributed by atoms with Crippen LogP contribution in [-0.4, -0.2) is 27.6 Å². The van der Waals surface area contributed by atoms with Crippen molar-refractivity contribution in [2.75, 3.05) is 4.90 Å². The Hall–Kier alpha value is -3.61. The predicted octanol–water partition coefficient (Wildman–Crippen LogP) is 3.93. The van der Waals surface area contributed by atoms with Crippen molar-refractivity contribution < 1.29 is 18.9 Å². The number of hydrogen-bond acceptors (Lipinski definition) is 6. The Bertz CT molecular complexity index is 1140. The summed E-state index contributed by atoms with van der Waals surface area (Å²) in [7, 11) is 0. The Morgan fingerprint density at radius 3 is 2.35 bits per heavy atom. The van der Waals surface area contributed by atoms with Crippen molar-refractivity contribution in [1.82, 2.24) is 10.1 Å². The van der Waals surface area contributed by atoms with E-state index in [-0.39, 0.29) is 5.78 Å².